The Hall–Kier alpha value is -7.36. The van der Waals surface area contributed by atoms with E-state index in [4.69, 9.17) is 17.2 Å². The molecule has 2 heterocycles. The largest absolute Gasteiger partial charge is 0.480 e. The summed E-state index contributed by atoms with van der Waals surface area (Å²) in [6, 6.07) is 16.2. The number of rotatable bonds is 35. The number of hydrogen-bond acceptors (Lipinski definition) is 14. The number of carbonyl (C=O) groups excluding carboxylic acids is 4. The van der Waals surface area contributed by atoms with E-state index in [9.17, 15) is 70.3 Å². The zero-order valence-corrected chi connectivity index (χ0v) is 46.9. The molecule has 0 spiro atoms. The molecule has 2 aromatic heterocycles. The molecule has 0 aliphatic heterocycles. The maximum absolute atomic E-state index is 14.9. The third-order valence-corrected chi connectivity index (χ3v) is 16.3. The molecule has 13 N–H and O–H groups in total. The number of sulfonamides is 1. The molecule has 24 nitrogen and oxygen atoms in total. The fourth-order valence-electron chi connectivity index (χ4n) is 9.34. The van der Waals surface area contributed by atoms with E-state index in [2.05, 4.69) is 16.0 Å². The highest BCUT2D eigenvalue weighted by atomic mass is 32.2. The number of fused-ring (bicyclic) bond motifs is 2. The van der Waals surface area contributed by atoms with Crippen molar-refractivity contribution in [1.29, 1.82) is 0 Å². The molecule has 0 bridgehead atoms. The lowest BCUT2D eigenvalue weighted by atomic mass is 9.97. The van der Waals surface area contributed by atoms with E-state index in [1.807, 2.05) is 4.57 Å². The number of carboxylic acid groups (broad SMARTS) is 3. The molecule has 3 aromatic carbocycles. The molecule has 81 heavy (non-hydrogen) atoms. The molecular weight excluding hydrogens is 1090 g/mol. The van der Waals surface area contributed by atoms with Crippen molar-refractivity contribution in [2.24, 2.45) is 17.2 Å². The molecule has 4 amide bonds. The van der Waals surface area contributed by atoms with Gasteiger partial charge in [0.2, 0.25) is 22.8 Å². The monoisotopic (exact) mass is 1160 g/mol. The molecule has 0 fully saturated rings. The summed E-state index contributed by atoms with van der Waals surface area (Å²) in [5, 5.41) is 37.2. The number of carbonyl (C=O) groups is 7. The van der Waals surface area contributed by atoms with Crippen LogP contribution in [-0.4, -0.2) is 137 Å². The summed E-state index contributed by atoms with van der Waals surface area (Å²) in [4.78, 5) is 88.7. The van der Waals surface area contributed by atoms with Crippen molar-refractivity contribution >= 4 is 83.5 Å². The van der Waals surface area contributed by atoms with E-state index in [0.717, 1.165) is 9.87 Å². The first kappa shape index (κ1) is 64.5. The first-order valence-corrected chi connectivity index (χ1v) is 29.9. The van der Waals surface area contributed by atoms with E-state index in [-0.39, 0.29) is 119 Å². The van der Waals surface area contributed by atoms with Gasteiger partial charge in [-0.1, -0.05) is 48.4 Å². The van der Waals surface area contributed by atoms with Gasteiger partial charge < -0.3 is 53.0 Å². The third kappa shape index (κ3) is 18.9. The molecule has 0 saturated heterocycles. The highest BCUT2D eigenvalue weighted by Gasteiger charge is 2.35. The minimum atomic E-state index is -4.49. The smallest absolute Gasteiger partial charge is 0.320 e. The summed E-state index contributed by atoms with van der Waals surface area (Å²) >= 11 is 0. The second-order valence-corrected chi connectivity index (χ2v) is 23.3. The molecule has 0 aliphatic carbocycles. The zero-order valence-electron chi connectivity index (χ0n) is 45.3. The number of pyridine rings is 1. The van der Waals surface area contributed by atoms with Gasteiger partial charge in [-0.15, -0.1) is 0 Å². The summed E-state index contributed by atoms with van der Waals surface area (Å²) in [7, 11) is -8.75. The number of nitrogens with two attached hydrogens (primary N) is 3. The zero-order chi connectivity index (χ0) is 59.4. The number of aromatic nitrogens is 2. The molecule has 0 saturated carbocycles. The van der Waals surface area contributed by atoms with Gasteiger partial charge in [-0.25, -0.2) is 12.7 Å². The first-order valence-electron chi connectivity index (χ1n) is 26.8. The maximum atomic E-state index is 14.9. The highest BCUT2D eigenvalue weighted by molar-refractivity contribution is 7.89. The van der Waals surface area contributed by atoms with E-state index in [0.29, 0.717) is 65.0 Å². The topological polar surface area (TPSA) is 395 Å². The van der Waals surface area contributed by atoms with Crippen molar-refractivity contribution in [2.75, 3.05) is 31.9 Å². The van der Waals surface area contributed by atoms with E-state index >= 15 is 0 Å². The molecule has 5 rings (SSSR count). The minimum absolute atomic E-state index is 0.0184. The van der Waals surface area contributed by atoms with Gasteiger partial charge in [0, 0.05) is 70.3 Å². The number of hydrogen-bond donors (Lipinski definition) is 10. The minimum Gasteiger partial charge on any atom is -0.480 e. The van der Waals surface area contributed by atoms with Crippen LogP contribution in [0, 0.1) is 6.92 Å². The number of amides is 4. The van der Waals surface area contributed by atoms with E-state index in [1.165, 1.54) is 12.1 Å². The highest BCUT2D eigenvalue weighted by Crippen LogP contribution is 2.30. The van der Waals surface area contributed by atoms with Crippen LogP contribution in [0.4, 0.5) is 0 Å². The Morgan fingerprint density at radius 3 is 1.74 bits per heavy atom. The lowest BCUT2D eigenvalue weighted by Gasteiger charge is -2.24. The summed E-state index contributed by atoms with van der Waals surface area (Å²) in [5.41, 5.74) is 20.5. The van der Waals surface area contributed by atoms with Crippen LogP contribution in [0.2, 0.25) is 0 Å². The quantitative estimate of drug-likeness (QED) is 0.0121. The van der Waals surface area contributed by atoms with Gasteiger partial charge in [-0.3, -0.25) is 38.1 Å². The van der Waals surface area contributed by atoms with Crippen LogP contribution in [-0.2, 0) is 70.0 Å². The van der Waals surface area contributed by atoms with Crippen LogP contribution in [0.3, 0.4) is 0 Å². The van der Waals surface area contributed by atoms with Gasteiger partial charge in [0.05, 0.1) is 27.0 Å². The average Bonchev–Trinajstić information content (AvgIpc) is 3.89. The Kier molecular flexibility index (Phi) is 24.2. The Morgan fingerprint density at radius 2 is 1.17 bits per heavy atom. The molecule has 0 aliphatic rings. The van der Waals surface area contributed by atoms with Crippen molar-refractivity contribution in [1.82, 2.24) is 24.8 Å². The SMILES string of the molecule is Cc1ccc(S(=O)(=O)N(CCCC(=O)NCCNC(=O)CCCCCNC(=O)c2c(CC[C@H](N)C(=O)O)c(CC[C@H](N)C(=O)O)cn2CCCC[C@H](N)C(=O)O)C(=O)c2c3ccccc3[n+](CCCS(=O)(=O)O)c3ccccc23)cc1. The molecule has 0 radical (unpaired) electrons. The van der Waals surface area contributed by atoms with Crippen LogP contribution in [0.15, 0.2) is 83.9 Å². The van der Waals surface area contributed by atoms with E-state index in [1.54, 1.807) is 78.4 Å². The molecular formula is C55H74N9O15S2+. The molecule has 5 aromatic rings. The van der Waals surface area contributed by atoms with Gasteiger partial charge in [0.1, 0.15) is 23.8 Å². The van der Waals surface area contributed by atoms with Crippen LogP contribution in [0.25, 0.3) is 21.8 Å². The molecule has 440 valence electrons. The predicted octanol–water partition coefficient (Wildman–Crippen LogP) is 2.77. The lowest BCUT2D eigenvalue weighted by molar-refractivity contribution is -0.645. The summed E-state index contributed by atoms with van der Waals surface area (Å²) in [6.45, 7) is 2.22. The van der Waals surface area contributed by atoms with Crippen LogP contribution < -0.4 is 37.7 Å². The van der Waals surface area contributed by atoms with Crippen molar-refractivity contribution in [3.8, 4) is 0 Å². The number of para-hydroxylation sites is 2. The van der Waals surface area contributed by atoms with Crippen molar-refractivity contribution in [3.05, 3.63) is 107 Å². The number of unbranched alkanes of at least 4 members (excludes halogenated alkanes) is 3. The standard InChI is InChI=1S/C55H73N9O15S2/c1-36-20-23-38(24-21-36)81(78,79)64(52(68)49-40-13-4-6-16-45(40)63(32-12-34-80(75,76)77)46-17-7-5-14-41(46)49)33-11-19-48(66)60-30-29-59-47(65)18-3-2-9-28-61-51(67)50-39(25-27-44(58)55(73)74)37(22-26-43(57)54(71)72)35-62(50)31-10-8-15-42(56)53(69)70/h4-7,13-14,16-17,20-21,23-24,35,42-44H,2-3,8-12,15,18-19,22,25-34,56-58H2,1H3,(H6-,59,60,61,65,66,67,69,70,71,72,73,74,75,76,77)/p+1/t42-,43-,44-/m0/s1. The Labute approximate surface area is 470 Å². The van der Waals surface area contributed by atoms with Crippen molar-refractivity contribution in [3.63, 3.8) is 0 Å². The molecule has 3 atom stereocenters. The van der Waals surface area contributed by atoms with Crippen LogP contribution in [0.5, 0.6) is 0 Å². The Bertz CT molecular complexity index is 3220. The van der Waals surface area contributed by atoms with Gasteiger partial charge in [0.25, 0.3) is 32.0 Å². The van der Waals surface area contributed by atoms with Crippen LogP contribution in [0.1, 0.15) is 115 Å². The number of aryl methyl sites for hydroxylation is 4. The van der Waals surface area contributed by atoms with Gasteiger partial charge in [-0.2, -0.15) is 13.0 Å². The van der Waals surface area contributed by atoms with Crippen molar-refractivity contribution in [2.45, 2.75) is 133 Å². The number of benzene rings is 3. The second kappa shape index (κ2) is 30.5. The predicted molar refractivity (Wildman–Crippen MR) is 300 cm³/mol. The summed E-state index contributed by atoms with van der Waals surface area (Å²) < 4.78 is 65.6. The number of nitrogens with one attached hydrogen (secondary N) is 3. The van der Waals surface area contributed by atoms with E-state index < -0.39 is 79.6 Å². The Morgan fingerprint density at radius 1 is 0.630 bits per heavy atom. The maximum Gasteiger partial charge on any atom is 0.320 e. The fourth-order valence-corrected chi connectivity index (χ4v) is 11.3. The van der Waals surface area contributed by atoms with Crippen LogP contribution >= 0.6 is 0 Å². The number of nitrogens with zero attached hydrogens (tertiary/aromatic N) is 3. The normalized spacial score (nSPS) is 12.9. The molecule has 0 unspecified atom stereocenters. The Balaban J connectivity index is 1.14. The number of aliphatic carboxylic acids is 3. The third-order valence-electron chi connectivity index (χ3n) is 13.7. The lowest BCUT2D eigenvalue weighted by Crippen LogP contribution is -2.41. The first-order chi connectivity index (χ1) is 38.4. The second-order valence-electron chi connectivity index (χ2n) is 19.8. The summed E-state index contributed by atoms with van der Waals surface area (Å²) in [6.07, 6.45) is 4.51. The van der Waals surface area contributed by atoms with Crippen molar-refractivity contribution < 1.29 is 74.8 Å². The van der Waals surface area contributed by atoms with Gasteiger partial charge in [-0.05, 0) is 107 Å². The van der Waals surface area contributed by atoms with Gasteiger partial charge in [0.15, 0.2) is 6.54 Å². The number of carboxylic acids is 3. The fraction of sp³-hybridized carbons (Fsp3) is 0.455. The van der Waals surface area contributed by atoms with Gasteiger partial charge >= 0.3 is 17.9 Å². The molecule has 26 heteroatoms. The average molecular weight is 1170 g/mol. The summed E-state index contributed by atoms with van der Waals surface area (Å²) in [5.74, 6) is -6.11.